The zero-order valence-electron chi connectivity index (χ0n) is 13.3. The molecule has 5 nitrogen and oxygen atoms in total. The number of allylic oxidation sites excluding steroid dienone is 2. The minimum atomic E-state index is -0.286. The summed E-state index contributed by atoms with van der Waals surface area (Å²) in [5.41, 5.74) is 1.68. The van der Waals surface area contributed by atoms with E-state index in [2.05, 4.69) is 22.8 Å². The lowest BCUT2D eigenvalue weighted by molar-refractivity contribution is -0.125. The smallest absolute Gasteiger partial charge is 0.291 e. The van der Waals surface area contributed by atoms with Crippen LogP contribution in [0.4, 0.5) is 5.69 Å². The molecule has 24 heavy (non-hydrogen) atoms. The van der Waals surface area contributed by atoms with Gasteiger partial charge >= 0.3 is 0 Å². The highest BCUT2D eigenvalue weighted by Gasteiger charge is 2.18. The van der Waals surface area contributed by atoms with Crippen LogP contribution < -0.4 is 10.6 Å². The van der Waals surface area contributed by atoms with E-state index in [-0.39, 0.29) is 23.5 Å². The maximum absolute atomic E-state index is 12.1. The Hall–Kier alpha value is -2.82. The van der Waals surface area contributed by atoms with Gasteiger partial charge in [-0.25, -0.2) is 0 Å². The molecule has 1 aromatic carbocycles. The van der Waals surface area contributed by atoms with Gasteiger partial charge in [0.15, 0.2) is 5.76 Å². The summed E-state index contributed by atoms with van der Waals surface area (Å²) in [6, 6.07) is 10.7. The first-order chi connectivity index (χ1) is 11.7. The monoisotopic (exact) mass is 324 g/mol. The first-order valence-electron chi connectivity index (χ1n) is 8.09. The van der Waals surface area contributed by atoms with Crippen LogP contribution in [-0.4, -0.2) is 11.8 Å². The van der Waals surface area contributed by atoms with Crippen molar-refractivity contribution in [2.45, 2.75) is 25.8 Å². The molecule has 0 aliphatic heterocycles. The zero-order valence-corrected chi connectivity index (χ0v) is 13.3. The molecule has 1 atom stereocenters. The average molecular weight is 324 g/mol. The highest BCUT2D eigenvalue weighted by molar-refractivity contribution is 6.02. The standard InChI is InChI=1S/C19H20N2O3/c22-18(15-5-2-1-3-6-15)20-13-14-8-10-16(11-9-14)21-19(23)17-7-4-12-24-17/h1-2,4,7-12,15H,3,5-6,13H2,(H,20,22)(H,21,23). The number of benzene rings is 1. The highest BCUT2D eigenvalue weighted by atomic mass is 16.3. The molecular formula is C19H20N2O3. The topological polar surface area (TPSA) is 71.3 Å². The predicted molar refractivity (Wildman–Crippen MR) is 91.4 cm³/mol. The summed E-state index contributed by atoms with van der Waals surface area (Å²) in [7, 11) is 0. The quantitative estimate of drug-likeness (QED) is 0.827. The minimum absolute atomic E-state index is 0.0851. The van der Waals surface area contributed by atoms with Gasteiger partial charge in [0.2, 0.25) is 5.91 Å². The van der Waals surface area contributed by atoms with Gasteiger partial charge in [-0.1, -0.05) is 24.3 Å². The summed E-state index contributed by atoms with van der Waals surface area (Å²) in [5.74, 6) is 0.177. The van der Waals surface area contributed by atoms with Crippen molar-refractivity contribution in [3.05, 3.63) is 66.1 Å². The van der Waals surface area contributed by atoms with Crippen molar-refractivity contribution in [2.75, 3.05) is 5.32 Å². The van der Waals surface area contributed by atoms with Crippen LogP contribution in [0.2, 0.25) is 0 Å². The van der Waals surface area contributed by atoms with Gasteiger partial charge in [0.1, 0.15) is 0 Å². The molecule has 2 N–H and O–H groups in total. The van der Waals surface area contributed by atoms with Crippen LogP contribution in [-0.2, 0) is 11.3 Å². The molecule has 0 fully saturated rings. The van der Waals surface area contributed by atoms with E-state index in [1.54, 1.807) is 12.1 Å². The van der Waals surface area contributed by atoms with Gasteiger partial charge in [-0.15, -0.1) is 0 Å². The van der Waals surface area contributed by atoms with Crippen LogP contribution >= 0.6 is 0 Å². The van der Waals surface area contributed by atoms with Crippen molar-refractivity contribution >= 4 is 17.5 Å². The fraction of sp³-hybridized carbons (Fsp3) is 0.263. The molecule has 5 heteroatoms. The molecule has 1 aliphatic rings. The van der Waals surface area contributed by atoms with Gasteiger partial charge in [-0.05, 0) is 49.1 Å². The number of carbonyl (C=O) groups excluding carboxylic acids is 2. The Morgan fingerprint density at radius 1 is 1.12 bits per heavy atom. The number of furan rings is 1. The van der Waals surface area contributed by atoms with Gasteiger partial charge in [0, 0.05) is 18.2 Å². The van der Waals surface area contributed by atoms with Crippen LogP contribution in [0.25, 0.3) is 0 Å². The molecule has 0 radical (unpaired) electrons. The fourth-order valence-electron chi connectivity index (χ4n) is 2.67. The van der Waals surface area contributed by atoms with E-state index in [4.69, 9.17) is 4.42 Å². The second kappa shape index (κ2) is 7.64. The van der Waals surface area contributed by atoms with Crippen molar-refractivity contribution in [3.63, 3.8) is 0 Å². The average Bonchev–Trinajstić information content (AvgIpc) is 3.16. The normalized spacial score (nSPS) is 16.6. The Morgan fingerprint density at radius 3 is 2.62 bits per heavy atom. The summed E-state index contributed by atoms with van der Waals surface area (Å²) in [5, 5.41) is 5.74. The zero-order chi connectivity index (χ0) is 16.8. The van der Waals surface area contributed by atoms with E-state index in [1.165, 1.54) is 6.26 Å². The molecule has 1 heterocycles. The number of anilines is 1. The molecule has 2 aromatic rings. The van der Waals surface area contributed by atoms with E-state index in [9.17, 15) is 9.59 Å². The molecule has 1 aliphatic carbocycles. The number of nitrogens with one attached hydrogen (secondary N) is 2. The number of amides is 2. The first kappa shape index (κ1) is 16.1. The van der Waals surface area contributed by atoms with E-state index < -0.39 is 0 Å². The van der Waals surface area contributed by atoms with Crippen LogP contribution in [0.3, 0.4) is 0 Å². The SMILES string of the molecule is O=C(Nc1ccc(CNC(=O)C2CC=CCC2)cc1)c1ccco1. The molecule has 2 amide bonds. The van der Waals surface area contributed by atoms with Crippen molar-refractivity contribution in [1.82, 2.24) is 5.32 Å². The number of hydrogen-bond donors (Lipinski definition) is 2. The van der Waals surface area contributed by atoms with Gasteiger partial charge < -0.3 is 15.1 Å². The first-order valence-corrected chi connectivity index (χ1v) is 8.09. The van der Waals surface area contributed by atoms with Gasteiger partial charge in [0.25, 0.3) is 5.91 Å². The Balaban J connectivity index is 1.50. The molecule has 3 rings (SSSR count). The molecule has 0 saturated heterocycles. The van der Waals surface area contributed by atoms with Gasteiger partial charge in [-0.2, -0.15) is 0 Å². The Labute approximate surface area is 140 Å². The lowest BCUT2D eigenvalue weighted by Gasteiger charge is -2.17. The Morgan fingerprint density at radius 2 is 1.96 bits per heavy atom. The van der Waals surface area contributed by atoms with Crippen LogP contribution in [0, 0.1) is 5.92 Å². The molecule has 0 saturated carbocycles. The number of rotatable bonds is 5. The van der Waals surface area contributed by atoms with Crippen LogP contribution in [0.5, 0.6) is 0 Å². The Bertz CT molecular complexity index is 718. The summed E-state index contributed by atoms with van der Waals surface area (Å²) in [6.45, 7) is 0.492. The van der Waals surface area contributed by atoms with E-state index >= 15 is 0 Å². The molecule has 124 valence electrons. The van der Waals surface area contributed by atoms with E-state index in [0.717, 1.165) is 24.8 Å². The third-order valence-corrected chi connectivity index (χ3v) is 4.06. The summed E-state index contributed by atoms with van der Waals surface area (Å²) < 4.78 is 5.05. The third-order valence-electron chi connectivity index (χ3n) is 4.06. The van der Waals surface area contributed by atoms with Crippen LogP contribution in [0.15, 0.2) is 59.2 Å². The van der Waals surface area contributed by atoms with Gasteiger partial charge in [0.05, 0.1) is 6.26 Å². The minimum Gasteiger partial charge on any atom is -0.459 e. The highest BCUT2D eigenvalue weighted by Crippen LogP contribution is 2.18. The molecule has 1 aromatic heterocycles. The summed E-state index contributed by atoms with van der Waals surface area (Å²) in [4.78, 5) is 24.0. The van der Waals surface area contributed by atoms with Crippen molar-refractivity contribution in [1.29, 1.82) is 0 Å². The fourth-order valence-corrected chi connectivity index (χ4v) is 2.67. The molecule has 1 unspecified atom stereocenters. The maximum Gasteiger partial charge on any atom is 0.291 e. The second-order valence-electron chi connectivity index (χ2n) is 5.83. The maximum atomic E-state index is 12.1. The third kappa shape index (κ3) is 4.13. The Kier molecular flexibility index (Phi) is 5.11. The van der Waals surface area contributed by atoms with Crippen molar-refractivity contribution < 1.29 is 14.0 Å². The summed E-state index contributed by atoms with van der Waals surface area (Å²) in [6.07, 6.45) is 8.37. The van der Waals surface area contributed by atoms with Crippen molar-refractivity contribution in [3.8, 4) is 0 Å². The lowest BCUT2D eigenvalue weighted by atomic mass is 9.93. The molecule has 0 spiro atoms. The summed E-state index contributed by atoms with van der Waals surface area (Å²) >= 11 is 0. The number of carbonyl (C=O) groups is 2. The second-order valence-corrected chi connectivity index (χ2v) is 5.83. The molecular weight excluding hydrogens is 304 g/mol. The van der Waals surface area contributed by atoms with Crippen molar-refractivity contribution in [2.24, 2.45) is 5.92 Å². The van der Waals surface area contributed by atoms with Crippen LogP contribution in [0.1, 0.15) is 35.4 Å². The van der Waals surface area contributed by atoms with Gasteiger partial charge in [-0.3, -0.25) is 9.59 Å². The van der Waals surface area contributed by atoms with E-state index in [1.807, 2.05) is 24.3 Å². The lowest BCUT2D eigenvalue weighted by Crippen LogP contribution is -2.30. The van der Waals surface area contributed by atoms with E-state index in [0.29, 0.717) is 12.2 Å². The largest absolute Gasteiger partial charge is 0.459 e. The number of hydrogen-bond acceptors (Lipinski definition) is 3. The predicted octanol–water partition coefficient (Wildman–Crippen LogP) is 3.50. The molecule has 0 bridgehead atoms.